The number of carbonyl (C=O) groups is 1. The van der Waals surface area contributed by atoms with Gasteiger partial charge in [-0.1, -0.05) is 13.0 Å². The summed E-state index contributed by atoms with van der Waals surface area (Å²) in [5, 5.41) is 0. The van der Waals surface area contributed by atoms with Gasteiger partial charge in [-0.15, -0.1) is 0 Å². The summed E-state index contributed by atoms with van der Waals surface area (Å²) in [7, 11) is 1.64. The summed E-state index contributed by atoms with van der Waals surface area (Å²) in [6, 6.07) is 6.13. The number of amides is 1. The quantitative estimate of drug-likeness (QED) is 0.837. The van der Waals surface area contributed by atoms with Crippen LogP contribution >= 0.6 is 0 Å². The van der Waals surface area contributed by atoms with E-state index < -0.39 is 0 Å². The molecule has 0 spiro atoms. The molecule has 1 aromatic carbocycles. The van der Waals surface area contributed by atoms with Gasteiger partial charge in [0.25, 0.3) is 0 Å². The fourth-order valence-electron chi connectivity index (χ4n) is 2.76. The number of benzene rings is 1. The zero-order valence-electron chi connectivity index (χ0n) is 14.2. The van der Waals surface area contributed by atoms with E-state index in [-0.39, 0.29) is 11.9 Å². The summed E-state index contributed by atoms with van der Waals surface area (Å²) in [5.41, 5.74) is 6.98. The number of hydrogen-bond acceptors (Lipinski definition) is 4. The van der Waals surface area contributed by atoms with Gasteiger partial charge in [0.15, 0.2) is 11.5 Å². The Morgan fingerprint density at radius 1 is 1.30 bits per heavy atom. The lowest BCUT2D eigenvalue weighted by atomic mass is 10.0. The molecule has 0 aliphatic carbocycles. The van der Waals surface area contributed by atoms with Gasteiger partial charge in [0.05, 0.1) is 13.7 Å². The number of hydrogen-bond donors (Lipinski definition) is 1. The average molecular weight is 320 g/mol. The van der Waals surface area contributed by atoms with Crippen molar-refractivity contribution in [1.82, 2.24) is 4.90 Å². The van der Waals surface area contributed by atoms with Crippen LogP contribution in [0.4, 0.5) is 0 Å². The third kappa shape index (κ3) is 5.13. The van der Waals surface area contributed by atoms with Crippen LogP contribution in [0.5, 0.6) is 11.5 Å². The molecule has 5 heteroatoms. The Labute approximate surface area is 138 Å². The van der Waals surface area contributed by atoms with Crippen LogP contribution in [-0.2, 0) is 11.2 Å². The molecule has 1 heterocycles. The highest BCUT2D eigenvalue weighted by molar-refractivity contribution is 5.76. The number of nitrogens with zero attached hydrogens (tertiary/aromatic N) is 1. The van der Waals surface area contributed by atoms with E-state index in [1.165, 1.54) is 0 Å². The van der Waals surface area contributed by atoms with E-state index in [2.05, 4.69) is 6.92 Å². The Morgan fingerprint density at radius 2 is 2.04 bits per heavy atom. The summed E-state index contributed by atoms with van der Waals surface area (Å²) in [4.78, 5) is 14.2. The fraction of sp³-hybridized carbons (Fsp3) is 0.611. The molecule has 23 heavy (non-hydrogen) atoms. The first-order chi connectivity index (χ1) is 11.1. The zero-order valence-corrected chi connectivity index (χ0v) is 14.2. The molecule has 5 nitrogen and oxygen atoms in total. The minimum absolute atomic E-state index is 0.212. The number of methoxy groups -OCH3 is 1. The first-order valence-corrected chi connectivity index (χ1v) is 8.47. The highest BCUT2D eigenvalue weighted by atomic mass is 16.5. The highest BCUT2D eigenvalue weighted by Gasteiger charge is 2.20. The van der Waals surface area contributed by atoms with E-state index in [9.17, 15) is 4.79 Å². The summed E-state index contributed by atoms with van der Waals surface area (Å²) >= 11 is 0. The van der Waals surface area contributed by atoms with Crippen molar-refractivity contribution in [3.8, 4) is 11.5 Å². The smallest absolute Gasteiger partial charge is 0.222 e. The van der Waals surface area contributed by atoms with Gasteiger partial charge in [-0.05, 0) is 43.4 Å². The van der Waals surface area contributed by atoms with Crippen molar-refractivity contribution in [2.24, 2.45) is 5.73 Å². The van der Waals surface area contributed by atoms with Crippen LogP contribution in [0.1, 0.15) is 38.2 Å². The lowest BCUT2D eigenvalue weighted by Crippen LogP contribution is -2.42. The number of piperidine rings is 1. The van der Waals surface area contributed by atoms with Gasteiger partial charge < -0.3 is 20.1 Å². The number of likely N-dealkylation sites (tertiary alicyclic amines) is 1. The summed E-state index contributed by atoms with van der Waals surface area (Å²) in [5.74, 6) is 1.70. The third-order valence-corrected chi connectivity index (χ3v) is 4.21. The largest absolute Gasteiger partial charge is 0.493 e. The normalized spacial score (nSPS) is 15.5. The molecule has 0 aromatic heterocycles. The molecule has 1 saturated heterocycles. The highest BCUT2D eigenvalue weighted by Crippen LogP contribution is 2.28. The van der Waals surface area contributed by atoms with E-state index in [4.69, 9.17) is 15.2 Å². The number of carbonyl (C=O) groups excluding carboxylic acids is 1. The maximum Gasteiger partial charge on any atom is 0.222 e. The Bertz CT molecular complexity index is 511. The standard InChI is InChI=1S/C18H28N2O3/c1-3-12-23-17-13-14(4-6-16(17)22-2)5-7-18(21)20-10-8-15(19)9-11-20/h4,6,13,15H,3,5,7-12,19H2,1-2H3. The summed E-state index contributed by atoms with van der Waals surface area (Å²) in [6.45, 7) is 4.30. The second-order valence-corrected chi connectivity index (χ2v) is 6.05. The monoisotopic (exact) mass is 320 g/mol. The molecule has 128 valence electrons. The van der Waals surface area contributed by atoms with Gasteiger partial charge in [0.1, 0.15) is 0 Å². The molecule has 2 N–H and O–H groups in total. The van der Waals surface area contributed by atoms with Crippen molar-refractivity contribution >= 4 is 5.91 Å². The predicted molar refractivity (Wildman–Crippen MR) is 90.9 cm³/mol. The van der Waals surface area contributed by atoms with E-state index in [0.29, 0.717) is 19.4 Å². The molecular formula is C18H28N2O3. The third-order valence-electron chi connectivity index (χ3n) is 4.21. The SMILES string of the molecule is CCCOc1cc(CCC(=O)N2CCC(N)CC2)ccc1OC. The number of ether oxygens (including phenoxy) is 2. The predicted octanol–water partition coefficient (Wildman–Crippen LogP) is 2.37. The van der Waals surface area contributed by atoms with Crippen molar-refractivity contribution < 1.29 is 14.3 Å². The molecule has 1 aromatic rings. The maximum absolute atomic E-state index is 12.3. The van der Waals surface area contributed by atoms with Crippen molar-refractivity contribution in [3.05, 3.63) is 23.8 Å². The Hall–Kier alpha value is -1.75. The van der Waals surface area contributed by atoms with Gasteiger partial charge in [0.2, 0.25) is 5.91 Å². The van der Waals surface area contributed by atoms with Crippen molar-refractivity contribution in [2.75, 3.05) is 26.8 Å². The van der Waals surface area contributed by atoms with Crippen LogP contribution in [-0.4, -0.2) is 43.7 Å². The number of nitrogens with two attached hydrogens (primary N) is 1. The molecule has 1 aliphatic heterocycles. The fourth-order valence-corrected chi connectivity index (χ4v) is 2.76. The molecule has 1 aliphatic rings. The van der Waals surface area contributed by atoms with Gasteiger partial charge in [-0.3, -0.25) is 4.79 Å². The van der Waals surface area contributed by atoms with Crippen LogP contribution < -0.4 is 15.2 Å². The van der Waals surface area contributed by atoms with E-state index in [1.807, 2.05) is 23.1 Å². The van der Waals surface area contributed by atoms with Crippen LogP contribution in [0.2, 0.25) is 0 Å². The number of rotatable bonds is 7. The van der Waals surface area contributed by atoms with Gasteiger partial charge >= 0.3 is 0 Å². The molecule has 0 bridgehead atoms. The van der Waals surface area contributed by atoms with E-state index in [1.54, 1.807) is 7.11 Å². The molecule has 1 fully saturated rings. The molecule has 0 atom stereocenters. The minimum Gasteiger partial charge on any atom is -0.493 e. The summed E-state index contributed by atoms with van der Waals surface area (Å²) < 4.78 is 11.0. The van der Waals surface area contributed by atoms with Gasteiger partial charge in [0, 0.05) is 25.6 Å². The molecular weight excluding hydrogens is 292 g/mol. The molecule has 0 saturated carbocycles. The average Bonchev–Trinajstić information content (AvgIpc) is 2.58. The topological polar surface area (TPSA) is 64.8 Å². The maximum atomic E-state index is 12.3. The Morgan fingerprint density at radius 3 is 2.70 bits per heavy atom. The van der Waals surface area contributed by atoms with Crippen LogP contribution in [0, 0.1) is 0 Å². The van der Waals surface area contributed by atoms with Gasteiger partial charge in [-0.25, -0.2) is 0 Å². The van der Waals surface area contributed by atoms with Crippen molar-refractivity contribution in [2.45, 2.75) is 45.1 Å². The minimum atomic E-state index is 0.212. The van der Waals surface area contributed by atoms with Crippen molar-refractivity contribution in [1.29, 1.82) is 0 Å². The lowest BCUT2D eigenvalue weighted by molar-refractivity contribution is -0.132. The number of aryl methyl sites for hydroxylation is 1. The van der Waals surface area contributed by atoms with Crippen LogP contribution in [0.3, 0.4) is 0 Å². The van der Waals surface area contributed by atoms with E-state index in [0.717, 1.165) is 49.4 Å². The Balaban J connectivity index is 1.90. The second kappa shape index (κ2) is 8.77. The Kier molecular flexibility index (Phi) is 6.71. The molecule has 0 radical (unpaired) electrons. The molecule has 2 rings (SSSR count). The molecule has 0 unspecified atom stereocenters. The van der Waals surface area contributed by atoms with Crippen molar-refractivity contribution in [3.63, 3.8) is 0 Å². The second-order valence-electron chi connectivity index (χ2n) is 6.05. The van der Waals surface area contributed by atoms with Gasteiger partial charge in [-0.2, -0.15) is 0 Å². The van der Waals surface area contributed by atoms with Crippen LogP contribution in [0.15, 0.2) is 18.2 Å². The first-order valence-electron chi connectivity index (χ1n) is 8.47. The first kappa shape index (κ1) is 17.6. The zero-order chi connectivity index (χ0) is 16.7. The lowest BCUT2D eigenvalue weighted by Gasteiger charge is -2.30. The molecule has 1 amide bonds. The van der Waals surface area contributed by atoms with E-state index >= 15 is 0 Å². The summed E-state index contributed by atoms with van der Waals surface area (Å²) in [6.07, 6.45) is 4.00. The van der Waals surface area contributed by atoms with Crippen LogP contribution in [0.25, 0.3) is 0 Å².